The summed E-state index contributed by atoms with van der Waals surface area (Å²) in [5.74, 6) is 0.219. The van der Waals surface area contributed by atoms with Gasteiger partial charge in [-0.2, -0.15) is 0 Å². The minimum absolute atomic E-state index is 0.0782. The van der Waals surface area contributed by atoms with Crippen molar-refractivity contribution in [3.8, 4) is 0 Å². The molecule has 0 spiro atoms. The summed E-state index contributed by atoms with van der Waals surface area (Å²) in [6.45, 7) is 1.91. The minimum Gasteiger partial charge on any atom is -0.304 e. The smallest absolute Gasteiger partial charge is 0.228 e. The molecule has 1 fully saturated rings. The SMILES string of the molecule is CN1C(=N)C[C@](C)(c2cncc(Cl)n2)CC1=O. The molecule has 1 amide bonds. The molecule has 5 nitrogen and oxygen atoms in total. The first-order valence-electron chi connectivity index (χ1n) is 5.24. The number of carbonyl (C=O) groups is 1. The summed E-state index contributed by atoms with van der Waals surface area (Å²) in [5.41, 5.74) is 0.176. The monoisotopic (exact) mass is 252 g/mol. The van der Waals surface area contributed by atoms with Gasteiger partial charge in [-0.15, -0.1) is 0 Å². The standard InChI is InChI=1S/C11H13ClN4O/c1-11(7-5-14-6-8(12)15-7)3-9(13)16(2)10(17)4-11/h5-6,13H,3-4H2,1-2H3/t11-/m0/s1. The number of amides is 1. The van der Waals surface area contributed by atoms with Crippen LogP contribution in [0.4, 0.5) is 0 Å². The first-order valence-corrected chi connectivity index (χ1v) is 5.62. The molecule has 1 aliphatic heterocycles. The van der Waals surface area contributed by atoms with Gasteiger partial charge in [0, 0.05) is 31.5 Å². The van der Waals surface area contributed by atoms with Gasteiger partial charge >= 0.3 is 0 Å². The number of hydrogen-bond acceptors (Lipinski definition) is 4. The van der Waals surface area contributed by atoms with Gasteiger partial charge in [0.15, 0.2) is 0 Å². The van der Waals surface area contributed by atoms with E-state index < -0.39 is 5.41 Å². The van der Waals surface area contributed by atoms with Crippen molar-refractivity contribution in [1.82, 2.24) is 14.9 Å². The Kier molecular flexibility index (Phi) is 2.87. The Labute approximate surface area is 104 Å². The maximum absolute atomic E-state index is 11.8. The number of hydrogen-bond donors (Lipinski definition) is 1. The Morgan fingerprint density at radius 1 is 1.47 bits per heavy atom. The maximum atomic E-state index is 11.8. The number of likely N-dealkylation sites (tertiary alicyclic amines) is 1. The van der Waals surface area contributed by atoms with Crippen molar-refractivity contribution in [3.63, 3.8) is 0 Å². The Morgan fingerprint density at radius 3 is 2.76 bits per heavy atom. The highest BCUT2D eigenvalue weighted by Crippen LogP contribution is 2.34. The van der Waals surface area contributed by atoms with Crippen LogP contribution in [0.15, 0.2) is 12.4 Å². The molecule has 1 atom stereocenters. The van der Waals surface area contributed by atoms with Crippen LogP contribution in [0.1, 0.15) is 25.5 Å². The highest BCUT2D eigenvalue weighted by Gasteiger charge is 2.39. The van der Waals surface area contributed by atoms with E-state index in [1.807, 2.05) is 6.92 Å². The van der Waals surface area contributed by atoms with E-state index in [0.29, 0.717) is 29.5 Å². The first-order chi connectivity index (χ1) is 7.92. The van der Waals surface area contributed by atoms with Crippen molar-refractivity contribution < 1.29 is 4.79 Å². The number of nitrogens with one attached hydrogen (secondary N) is 1. The van der Waals surface area contributed by atoms with Gasteiger partial charge in [-0.05, 0) is 0 Å². The van der Waals surface area contributed by atoms with Gasteiger partial charge in [-0.25, -0.2) is 4.98 Å². The molecule has 17 heavy (non-hydrogen) atoms. The van der Waals surface area contributed by atoms with Crippen molar-refractivity contribution in [2.75, 3.05) is 7.05 Å². The number of carbonyl (C=O) groups excluding carboxylic acids is 1. The number of aromatic nitrogens is 2. The Morgan fingerprint density at radius 2 is 2.18 bits per heavy atom. The zero-order valence-electron chi connectivity index (χ0n) is 9.70. The summed E-state index contributed by atoms with van der Waals surface area (Å²) in [6.07, 6.45) is 3.85. The lowest BCUT2D eigenvalue weighted by Crippen LogP contribution is -2.46. The normalized spacial score (nSPS) is 25.2. The summed E-state index contributed by atoms with van der Waals surface area (Å²) in [4.78, 5) is 21.3. The molecule has 1 saturated heterocycles. The summed E-state index contributed by atoms with van der Waals surface area (Å²) in [5, 5.41) is 8.11. The van der Waals surface area contributed by atoms with Gasteiger partial charge in [0.2, 0.25) is 5.91 Å². The molecular formula is C11H13ClN4O. The number of nitrogens with zero attached hydrogens (tertiary/aromatic N) is 3. The second-order valence-electron chi connectivity index (χ2n) is 4.54. The number of piperidine rings is 1. The zero-order valence-corrected chi connectivity index (χ0v) is 10.5. The Bertz CT molecular complexity index is 470. The molecule has 1 aromatic rings. The zero-order chi connectivity index (χ0) is 12.6. The van der Waals surface area contributed by atoms with Gasteiger partial charge in [0.25, 0.3) is 0 Å². The summed E-state index contributed by atoms with van der Waals surface area (Å²) in [6, 6.07) is 0. The average molecular weight is 253 g/mol. The maximum Gasteiger partial charge on any atom is 0.228 e. The Hall–Kier alpha value is -1.49. The van der Waals surface area contributed by atoms with E-state index in [9.17, 15) is 4.79 Å². The van der Waals surface area contributed by atoms with Gasteiger partial charge in [0.1, 0.15) is 11.0 Å². The van der Waals surface area contributed by atoms with Crippen LogP contribution in [0.2, 0.25) is 5.15 Å². The lowest BCUT2D eigenvalue weighted by molar-refractivity contribution is -0.129. The fraction of sp³-hybridized carbons (Fsp3) is 0.455. The van der Waals surface area contributed by atoms with Crippen molar-refractivity contribution in [2.45, 2.75) is 25.2 Å². The van der Waals surface area contributed by atoms with Crippen LogP contribution in [0.5, 0.6) is 0 Å². The molecule has 0 aromatic carbocycles. The molecule has 6 heteroatoms. The fourth-order valence-electron chi connectivity index (χ4n) is 1.97. The van der Waals surface area contributed by atoms with Crippen LogP contribution in [-0.2, 0) is 10.2 Å². The van der Waals surface area contributed by atoms with Crippen LogP contribution in [0.25, 0.3) is 0 Å². The van der Waals surface area contributed by atoms with E-state index in [2.05, 4.69) is 9.97 Å². The predicted octanol–water partition coefficient (Wildman–Crippen LogP) is 1.62. The first kappa shape index (κ1) is 12.0. The van der Waals surface area contributed by atoms with Crippen LogP contribution < -0.4 is 0 Å². The summed E-state index contributed by atoms with van der Waals surface area (Å²) < 4.78 is 0. The molecule has 2 rings (SSSR count). The van der Waals surface area contributed by atoms with E-state index in [1.54, 1.807) is 13.2 Å². The van der Waals surface area contributed by atoms with E-state index in [4.69, 9.17) is 17.0 Å². The van der Waals surface area contributed by atoms with Crippen molar-refractivity contribution in [3.05, 3.63) is 23.2 Å². The van der Waals surface area contributed by atoms with Gasteiger partial charge in [-0.1, -0.05) is 18.5 Å². The van der Waals surface area contributed by atoms with E-state index >= 15 is 0 Å². The number of halogens is 1. The van der Waals surface area contributed by atoms with Crippen molar-refractivity contribution >= 4 is 23.3 Å². The van der Waals surface area contributed by atoms with Crippen LogP contribution in [0.3, 0.4) is 0 Å². The molecule has 1 aliphatic rings. The average Bonchev–Trinajstić information content (AvgIpc) is 2.26. The number of amidine groups is 1. The lowest BCUT2D eigenvalue weighted by atomic mass is 9.77. The quantitative estimate of drug-likeness (QED) is 0.826. The molecule has 0 radical (unpaired) electrons. The van der Waals surface area contributed by atoms with E-state index in [-0.39, 0.29) is 5.91 Å². The molecule has 1 aromatic heterocycles. The van der Waals surface area contributed by atoms with Gasteiger partial charge < -0.3 is 4.90 Å². The third kappa shape index (κ3) is 2.15. The molecule has 90 valence electrons. The van der Waals surface area contributed by atoms with Crippen LogP contribution in [-0.4, -0.2) is 33.7 Å². The molecule has 1 N–H and O–H groups in total. The van der Waals surface area contributed by atoms with Gasteiger partial charge in [0.05, 0.1) is 11.9 Å². The minimum atomic E-state index is -0.488. The van der Waals surface area contributed by atoms with Crippen molar-refractivity contribution in [1.29, 1.82) is 5.41 Å². The molecule has 0 aliphatic carbocycles. The fourth-order valence-corrected chi connectivity index (χ4v) is 2.12. The molecule has 0 saturated carbocycles. The molecule has 0 unspecified atom stereocenters. The Balaban J connectivity index is 2.37. The third-order valence-corrected chi connectivity index (χ3v) is 3.28. The summed E-state index contributed by atoms with van der Waals surface area (Å²) in [7, 11) is 1.62. The van der Waals surface area contributed by atoms with E-state index in [0.717, 1.165) is 0 Å². The predicted molar refractivity (Wildman–Crippen MR) is 64.1 cm³/mol. The topological polar surface area (TPSA) is 69.9 Å². The number of rotatable bonds is 1. The molecule has 2 heterocycles. The highest BCUT2D eigenvalue weighted by atomic mass is 35.5. The molecular weight excluding hydrogens is 240 g/mol. The molecule has 0 bridgehead atoms. The third-order valence-electron chi connectivity index (χ3n) is 3.10. The largest absolute Gasteiger partial charge is 0.304 e. The lowest BCUT2D eigenvalue weighted by Gasteiger charge is -2.36. The highest BCUT2D eigenvalue weighted by molar-refractivity contribution is 6.29. The van der Waals surface area contributed by atoms with Crippen LogP contribution in [0, 0.1) is 5.41 Å². The van der Waals surface area contributed by atoms with E-state index in [1.165, 1.54) is 11.1 Å². The van der Waals surface area contributed by atoms with Crippen LogP contribution >= 0.6 is 11.6 Å². The second kappa shape index (κ2) is 4.07. The van der Waals surface area contributed by atoms with Crippen molar-refractivity contribution in [2.24, 2.45) is 0 Å². The van der Waals surface area contributed by atoms with Gasteiger partial charge in [-0.3, -0.25) is 15.2 Å². The summed E-state index contributed by atoms with van der Waals surface area (Å²) >= 11 is 5.80. The second-order valence-corrected chi connectivity index (χ2v) is 4.93.